The second-order valence-electron chi connectivity index (χ2n) is 8.41. The topological polar surface area (TPSA) is 97.5 Å². The van der Waals surface area contributed by atoms with Crippen LogP contribution in [0.4, 0.5) is 16.2 Å². The molecule has 0 radical (unpaired) electrons. The summed E-state index contributed by atoms with van der Waals surface area (Å²) in [6.45, 7) is 2.21. The first-order valence-electron chi connectivity index (χ1n) is 11.5. The maximum atomic E-state index is 13.2. The van der Waals surface area contributed by atoms with Gasteiger partial charge < -0.3 is 20.3 Å². The van der Waals surface area contributed by atoms with Gasteiger partial charge in [-0.05, 0) is 42.3 Å². The van der Waals surface area contributed by atoms with E-state index in [2.05, 4.69) is 14.9 Å². The predicted molar refractivity (Wildman–Crippen MR) is 139 cm³/mol. The minimum atomic E-state index is -0.246. The number of aryl methyl sites for hydroxylation is 2. The number of piperazine rings is 1. The number of nitrogen functional groups attached to an aromatic ring is 1. The summed E-state index contributed by atoms with van der Waals surface area (Å²) in [5.41, 5.74) is 7.76. The number of hydrogen-bond donors (Lipinski definition) is 1. The first kappa shape index (κ1) is 24.2. The third kappa shape index (κ3) is 5.66. The molecule has 0 bridgehead atoms. The second-order valence-corrected chi connectivity index (χ2v) is 9.91. The van der Waals surface area contributed by atoms with Crippen molar-refractivity contribution in [3.05, 3.63) is 69.9 Å². The number of carbonyl (C=O) groups is 1. The molecule has 186 valence electrons. The Morgan fingerprint density at radius 3 is 2.58 bits per heavy atom. The fourth-order valence-corrected chi connectivity index (χ4v) is 5.18. The number of fused-ring (bicyclic) bond motifs is 1. The lowest BCUT2D eigenvalue weighted by atomic mass is 10.1. The fourth-order valence-electron chi connectivity index (χ4n) is 4.06. The van der Waals surface area contributed by atoms with Gasteiger partial charge in [-0.25, -0.2) is 14.4 Å². The number of hydrogen-bond acceptors (Lipinski definition) is 8. The van der Waals surface area contributed by atoms with E-state index in [4.69, 9.17) is 27.1 Å². The minimum Gasteiger partial charge on any atom is -0.484 e. The SMILES string of the molecule is Nc1nc(N2CCN(C(=O)COc3cccc(Cl)c3)CC2)c2nc(CCc3ccc(F)cc3)sc2n1. The van der Waals surface area contributed by atoms with E-state index in [1.165, 1.54) is 23.5 Å². The third-order valence-electron chi connectivity index (χ3n) is 5.93. The fraction of sp³-hybridized carbons (Fsp3) is 0.280. The van der Waals surface area contributed by atoms with E-state index in [0.29, 0.717) is 54.7 Å². The lowest BCUT2D eigenvalue weighted by molar-refractivity contribution is -0.133. The number of aromatic nitrogens is 3. The van der Waals surface area contributed by atoms with Crippen molar-refractivity contribution in [3.63, 3.8) is 0 Å². The number of benzene rings is 2. The number of thiazole rings is 1. The van der Waals surface area contributed by atoms with Crippen LogP contribution in [0, 0.1) is 5.82 Å². The molecule has 5 rings (SSSR count). The molecule has 0 unspecified atom stereocenters. The average molecular weight is 527 g/mol. The second kappa shape index (κ2) is 10.6. The van der Waals surface area contributed by atoms with Crippen molar-refractivity contribution in [1.82, 2.24) is 19.9 Å². The van der Waals surface area contributed by atoms with Crippen LogP contribution in [0.3, 0.4) is 0 Å². The molecule has 2 aromatic carbocycles. The van der Waals surface area contributed by atoms with Gasteiger partial charge in [-0.15, -0.1) is 0 Å². The van der Waals surface area contributed by atoms with E-state index in [-0.39, 0.29) is 24.3 Å². The van der Waals surface area contributed by atoms with Crippen LogP contribution in [0.2, 0.25) is 5.02 Å². The van der Waals surface area contributed by atoms with Crippen molar-refractivity contribution in [3.8, 4) is 5.75 Å². The molecule has 2 N–H and O–H groups in total. The van der Waals surface area contributed by atoms with Crippen LogP contribution in [0.1, 0.15) is 10.6 Å². The highest BCUT2D eigenvalue weighted by atomic mass is 35.5. The summed E-state index contributed by atoms with van der Waals surface area (Å²) in [5.74, 6) is 1.11. The van der Waals surface area contributed by atoms with Gasteiger partial charge in [0.25, 0.3) is 5.91 Å². The Balaban J connectivity index is 1.22. The molecule has 4 aromatic rings. The van der Waals surface area contributed by atoms with Gasteiger partial charge in [0.05, 0.1) is 5.01 Å². The standard InChI is InChI=1S/C25H24ClFN6O2S/c26-17-2-1-3-19(14-17)35-15-21(34)32-10-12-33(13-11-32)23-22-24(31-25(28)30-23)36-20(29-22)9-6-16-4-7-18(27)8-5-16/h1-5,7-8,14H,6,9-13,15H2,(H2,28,30,31). The lowest BCUT2D eigenvalue weighted by Gasteiger charge is -2.35. The average Bonchev–Trinajstić information content (AvgIpc) is 3.29. The van der Waals surface area contributed by atoms with E-state index in [9.17, 15) is 9.18 Å². The highest BCUT2D eigenvalue weighted by Crippen LogP contribution is 2.30. The van der Waals surface area contributed by atoms with Gasteiger partial charge in [-0.2, -0.15) is 4.98 Å². The highest BCUT2D eigenvalue weighted by Gasteiger charge is 2.25. The number of nitrogens with two attached hydrogens (primary N) is 1. The Kier molecular flexibility index (Phi) is 7.15. The number of rotatable bonds is 7. The number of anilines is 2. The molecule has 0 spiro atoms. The first-order chi connectivity index (χ1) is 17.4. The number of nitrogens with zero attached hydrogens (tertiary/aromatic N) is 5. The van der Waals surface area contributed by atoms with Crippen molar-refractivity contribution in [1.29, 1.82) is 0 Å². The maximum Gasteiger partial charge on any atom is 0.260 e. The Bertz CT molecular complexity index is 1370. The summed E-state index contributed by atoms with van der Waals surface area (Å²) in [5, 5.41) is 1.48. The third-order valence-corrected chi connectivity index (χ3v) is 7.18. The molecule has 1 amide bonds. The van der Waals surface area contributed by atoms with Gasteiger partial charge in [0.15, 0.2) is 17.3 Å². The van der Waals surface area contributed by atoms with Gasteiger partial charge in [0.2, 0.25) is 5.95 Å². The zero-order valence-electron chi connectivity index (χ0n) is 19.4. The summed E-state index contributed by atoms with van der Waals surface area (Å²) < 4.78 is 18.8. The zero-order chi connectivity index (χ0) is 25.1. The maximum absolute atomic E-state index is 13.2. The van der Waals surface area contributed by atoms with Crippen LogP contribution in [0.5, 0.6) is 5.75 Å². The summed E-state index contributed by atoms with van der Waals surface area (Å²) in [6.07, 6.45) is 1.46. The summed E-state index contributed by atoms with van der Waals surface area (Å²) in [7, 11) is 0. The van der Waals surface area contributed by atoms with Gasteiger partial charge in [0, 0.05) is 37.6 Å². The van der Waals surface area contributed by atoms with E-state index in [1.54, 1.807) is 41.3 Å². The molecular weight excluding hydrogens is 503 g/mol. The number of carbonyl (C=O) groups excluding carboxylic acids is 1. The molecule has 1 aliphatic heterocycles. The predicted octanol–water partition coefficient (Wildman–Crippen LogP) is 3.97. The number of amides is 1. The summed E-state index contributed by atoms with van der Waals surface area (Å²) in [4.78, 5) is 30.9. The van der Waals surface area contributed by atoms with Crippen LogP contribution in [0.25, 0.3) is 10.3 Å². The highest BCUT2D eigenvalue weighted by molar-refractivity contribution is 7.18. The van der Waals surface area contributed by atoms with Crippen molar-refractivity contribution in [2.75, 3.05) is 43.4 Å². The Labute approximate surface area is 216 Å². The monoisotopic (exact) mass is 526 g/mol. The van der Waals surface area contributed by atoms with E-state index < -0.39 is 0 Å². The van der Waals surface area contributed by atoms with Crippen molar-refractivity contribution >= 4 is 51.0 Å². The number of halogens is 2. The first-order valence-corrected chi connectivity index (χ1v) is 12.7. The quantitative estimate of drug-likeness (QED) is 0.389. The molecule has 0 atom stereocenters. The summed E-state index contributed by atoms with van der Waals surface area (Å²) >= 11 is 7.46. The van der Waals surface area contributed by atoms with Crippen LogP contribution in [-0.4, -0.2) is 58.5 Å². The van der Waals surface area contributed by atoms with Crippen LogP contribution >= 0.6 is 22.9 Å². The van der Waals surface area contributed by atoms with Gasteiger partial charge in [-0.1, -0.05) is 41.1 Å². The van der Waals surface area contributed by atoms with E-state index in [0.717, 1.165) is 21.8 Å². The van der Waals surface area contributed by atoms with E-state index in [1.807, 2.05) is 0 Å². The Morgan fingerprint density at radius 2 is 1.83 bits per heavy atom. The smallest absolute Gasteiger partial charge is 0.260 e. The Hall–Kier alpha value is -3.50. The molecule has 1 saturated heterocycles. The van der Waals surface area contributed by atoms with Gasteiger partial charge in [0.1, 0.15) is 17.1 Å². The molecular formula is C25H24ClFN6O2S. The molecule has 8 nitrogen and oxygen atoms in total. The van der Waals surface area contributed by atoms with Crippen LogP contribution < -0.4 is 15.4 Å². The summed E-state index contributed by atoms with van der Waals surface area (Å²) in [6, 6.07) is 13.5. The molecule has 36 heavy (non-hydrogen) atoms. The molecule has 1 fully saturated rings. The molecule has 0 aliphatic carbocycles. The van der Waals surface area contributed by atoms with Crippen molar-refractivity contribution in [2.45, 2.75) is 12.8 Å². The Morgan fingerprint density at radius 1 is 1.06 bits per heavy atom. The molecule has 11 heteroatoms. The largest absolute Gasteiger partial charge is 0.484 e. The number of ether oxygens (including phenoxy) is 1. The molecule has 1 aliphatic rings. The van der Waals surface area contributed by atoms with E-state index >= 15 is 0 Å². The molecule has 0 saturated carbocycles. The van der Waals surface area contributed by atoms with Crippen LogP contribution in [0.15, 0.2) is 48.5 Å². The minimum absolute atomic E-state index is 0.0471. The van der Waals surface area contributed by atoms with Crippen LogP contribution in [-0.2, 0) is 17.6 Å². The zero-order valence-corrected chi connectivity index (χ0v) is 20.9. The van der Waals surface area contributed by atoms with Gasteiger partial charge >= 0.3 is 0 Å². The molecule has 3 heterocycles. The van der Waals surface area contributed by atoms with Crippen molar-refractivity contribution in [2.24, 2.45) is 0 Å². The lowest BCUT2D eigenvalue weighted by Crippen LogP contribution is -2.50. The normalized spacial score (nSPS) is 13.8. The van der Waals surface area contributed by atoms with Gasteiger partial charge in [-0.3, -0.25) is 4.79 Å². The molecule has 2 aromatic heterocycles. The van der Waals surface area contributed by atoms with Crippen molar-refractivity contribution < 1.29 is 13.9 Å².